The van der Waals surface area contributed by atoms with E-state index in [1.165, 1.54) is 16.9 Å². The fourth-order valence-electron chi connectivity index (χ4n) is 1.70. The van der Waals surface area contributed by atoms with Gasteiger partial charge in [-0.05, 0) is 37.8 Å². The number of hydrogen-bond donors (Lipinski definition) is 2. The van der Waals surface area contributed by atoms with Crippen LogP contribution in [0.3, 0.4) is 0 Å². The third-order valence-electron chi connectivity index (χ3n) is 2.71. The summed E-state index contributed by atoms with van der Waals surface area (Å²) in [5.74, 6) is 0. The molecule has 0 fully saturated rings. The zero-order valence-electron chi connectivity index (χ0n) is 11.1. The number of rotatable bonds is 8. The zero-order valence-corrected chi connectivity index (χ0v) is 11.9. The molecule has 1 aromatic carbocycles. The van der Waals surface area contributed by atoms with Gasteiger partial charge in [0.1, 0.15) is 0 Å². The van der Waals surface area contributed by atoms with Crippen LogP contribution in [0.5, 0.6) is 0 Å². The Bertz CT molecular complexity index is 315. The van der Waals surface area contributed by atoms with Gasteiger partial charge in [0.2, 0.25) is 0 Å². The van der Waals surface area contributed by atoms with E-state index in [0.29, 0.717) is 6.04 Å². The van der Waals surface area contributed by atoms with Crippen molar-refractivity contribution >= 4 is 11.8 Å². The van der Waals surface area contributed by atoms with Crippen LogP contribution in [0.15, 0.2) is 29.2 Å². The summed E-state index contributed by atoms with van der Waals surface area (Å²) in [5, 5.41) is 6.99. The Hall–Kier alpha value is -0.510. The lowest BCUT2D eigenvalue weighted by Crippen LogP contribution is -2.36. The quantitative estimate of drug-likeness (QED) is 0.549. The van der Waals surface area contributed by atoms with Crippen molar-refractivity contribution in [3.05, 3.63) is 29.8 Å². The summed E-state index contributed by atoms with van der Waals surface area (Å²) in [5.41, 5.74) is 1.39. The van der Waals surface area contributed by atoms with Crippen molar-refractivity contribution in [2.75, 3.05) is 19.3 Å². The Morgan fingerprint density at radius 2 is 2.06 bits per heavy atom. The number of hydrogen-bond acceptors (Lipinski definition) is 3. The van der Waals surface area contributed by atoms with Crippen LogP contribution >= 0.6 is 11.8 Å². The van der Waals surface area contributed by atoms with Crippen LogP contribution in [0, 0.1) is 0 Å². The van der Waals surface area contributed by atoms with E-state index < -0.39 is 0 Å². The summed E-state index contributed by atoms with van der Waals surface area (Å²) in [6, 6.07) is 9.10. The molecule has 0 heterocycles. The van der Waals surface area contributed by atoms with Gasteiger partial charge in [0.25, 0.3) is 0 Å². The lowest BCUT2D eigenvalue weighted by molar-refractivity contribution is 0.499. The Labute approximate surface area is 110 Å². The normalized spacial score (nSPS) is 12.6. The van der Waals surface area contributed by atoms with E-state index in [9.17, 15) is 0 Å². The van der Waals surface area contributed by atoms with E-state index >= 15 is 0 Å². The fraction of sp³-hybridized carbons (Fsp3) is 0.571. The molecule has 0 saturated carbocycles. The molecular formula is C14H24N2S. The van der Waals surface area contributed by atoms with E-state index in [0.717, 1.165) is 19.6 Å². The van der Waals surface area contributed by atoms with Gasteiger partial charge in [-0.3, -0.25) is 0 Å². The van der Waals surface area contributed by atoms with Crippen LogP contribution in [0.1, 0.15) is 25.8 Å². The molecule has 0 aliphatic rings. The van der Waals surface area contributed by atoms with Gasteiger partial charge in [-0.1, -0.05) is 25.1 Å². The summed E-state index contributed by atoms with van der Waals surface area (Å²) in [4.78, 5) is 1.37. The molecule has 1 atom stereocenters. The zero-order chi connectivity index (χ0) is 12.5. The first kappa shape index (κ1) is 14.6. The Kier molecular flexibility index (Phi) is 7.33. The van der Waals surface area contributed by atoms with Crippen molar-refractivity contribution in [1.82, 2.24) is 10.6 Å². The second-order valence-corrected chi connectivity index (χ2v) is 5.15. The third-order valence-corrected chi connectivity index (χ3v) is 3.55. The predicted molar refractivity (Wildman–Crippen MR) is 77.7 cm³/mol. The van der Waals surface area contributed by atoms with Crippen molar-refractivity contribution in [2.24, 2.45) is 0 Å². The van der Waals surface area contributed by atoms with E-state index in [1.807, 2.05) is 11.8 Å². The molecule has 3 heteroatoms. The highest BCUT2D eigenvalue weighted by Gasteiger charge is 2.03. The van der Waals surface area contributed by atoms with Crippen LogP contribution < -0.4 is 10.6 Å². The molecule has 0 radical (unpaired) electrons. The van der Waals surface area contributed by atoms with Crippen molar-refractivity contribution in [3.8, 4) is 0 Å². The molecule has 0 bridgehead atoms. The molecule has 17 heavy (non-hydrogen) atoms. The van der Waals surface area contributed by atoms with Gasteiger partial charge >= 0.3 is 0 Å². The number of nitrogens with one attached hydrogen (secondary N) is 2. The molecule has 2 N–H and O–H groups in total. The van der Waals surface area contributed by atoms with Gasteiger partial charge < -0.3 is 10.6 Å². The molecule has 0 aliphatic carbocycles. The maximum Gasteiger partial charge on any atom is 0.0219 e. The lowest BCUT2D eigenvalue weighted by atomic mass is 10.2. The third kappa shape index (κ3) is 5.57. The molecule has 0 aromatic heterocycles. The van der Waals surface area contributed by atoms with Gasteiger partial charge in [-0.25, -0.2) is 0 Å². The van der Waals surface area contributed by atoms with Gasteiger partial charge in [-0.2, -0.15) is 0 Å². The monoisotopic (exact) mass is 252 g/mol. The Morgan fingerprint density at radius 1 is 1.29 bits per heavy atom. The van der Waals surface area contributed by atoms with Crippen LogP contribution in [-0.4, -0.2) is 25.4 Å². The van der Waals surface area contributed by atoms with E-state index in [1.54, 1.807) is 0 Å². The summed E-state index contributed by atoms with van der Waals surface area (Å²) >= 11 is 1.81. The second kappa shape index (κ2) is 8.56. The first-order valence-corrected chi connectivity index (χ1v) is 7.56. The van der Waals surface area contributed by atoms with Crippen molar-refractivity contribution < 1.29 is 0 Å². The minimum Gasteiger partial charge on any atom is -0.315 e. The Balaban J connectivity index is 2.33. The average Bonchev–Trinajstić information content (AvgIpc) is 2.37. The van der Waals surface area contributed by atoms with E-state index in [-0.39, 0.29) is 0 Å². The molecule has 1 rings (SSSR count). The van der Waals surface area contributed by atoms with Crippen LogP contribution in [0.2, 0.25) is 0 Å². The van der Waals surface area contributed by atoms with Gasteiger partial charge in [-0.15, -0.1) is 11.8 Å². The Morgan fingerprint density at radius 3 is 2.76 bits per heavy atom. The molecule has 0 amide bonds. The summed E-state index contributed by atoms with van der Waals surface area (Å²) in [7, 11) is 0. The van der Waals surface area contributed by atoms with Gasteiger partial charge in [0.05, 0.1) is 0 Å². The highest BCUT2D eigenvalue weighted by molar-refractivity contribution is 7.98. The maximum atomic E-state index is 3.56. The largest absolute Gasteiger partial charge is 0.315 e. The second-order valence-electron chi connectivity index (χ2n) is 4.30. The average molecular weight is 252 g/mol. The highest BCUT2D eigenvalue weighted by Crippen LogP contribution is 2.19. The molecular weight excluding hydrogens is 228 g/mol. The van der Waals surface area contributed by atoms with Crippen LogP contribution in [0.4, 0.5) is 0 Å². The summed E-state index contributed by atoms with van der Waals surface area (Å²) in [6.07, 6.45) is 3.33. The van der Waals surface area contributed by atoms with E-state index in [2.05, 4.69) is 55.0 Å². The molecule has 1 unspecified atom stereocenters. The minimum atomic E-state index is 0.511. The molecule has 0 aliphatic heterocycles. The van der Waals surface area contributed by atoms with Gasteiger partial charge in [0.15, 0.2) is 0 Å². The minimum absolute atomic E-state index is 0.511. The van der Waals surface area contributed by atoms with Crippen LogP contribution in [0.25, 0.3) is 0 Å². The first-order chi connectivity index (χ1) is 8.27. The highest BCUT2D eigenvalue weighted by atomic mass is 32.2. The SMILES string of the molecule is CCCNCC(C)NCc1ccccc1SC. The standard InChI is InChI=1S/C14H24N2S/c1-4-9-15-10-12(2)16-11-13-7-5-6-8-14(13)17-3/h5-8,12,15-16H,4,9-11H2,1-3H3. The summed E-state index contributed by atoms with van der Waals surface area (Å²) < 4.78 is 0. The maximum absolute atomic E-state index is 3.56. The van der Waals surface area contributed by atoms with Crippen molar-refractivity contribution in [2.45, 2.75) is 37.8 Å². The molecule has 2 nitrogen and oxygen atoms in total. The molecule has 0 saturated heterocycles. The molecule has 96 valence electrons. The van der Waals surface area contributed by atoms with Crippen LogP contribution in [-0.2, 0) is 6.54 Å². The van der Waals surface area contributed by atoms with Crippen molar-refractivity contribution in [3.63, 3.8) is 0 Å². The molecule has 0 spiro atoms. The predicted octanol–water partition coefficient (Wildman–Crippen LogP) is 2.89. The lowest BCUT2D eigenvalue weighted by Gasteiger charge is -2.15. The smallest absolute Gasteiger partial charge is 0.0219 e. The van der Waals surface area contributed by atoms with Crippen molar-refractivity contribution in [1.29, 1.82) is 0 Å². The number of benzene rings is 1. The summed E-state index contributed by atoms with van der Waals surface area (Å²) in [6.45, 7) is 7.51. The number of thioether (sulfide) groups is 1. The topological polar surface area (TPSA) is 24.1 Å². The van der Waals surface area contributed by atoms with Gasteiger partial charge in [0, 0.05) is 24.0 Å². The fourth-order valence-corrected chi connectivity index (χ4v) is 2.32. The molecule has 1 aromatic rings. The first-order valence-electron chi connectivity index (χ1n) is 6.34. The van der Waals surface area contributed by atoms with E-state index in [4.69, 9.17) is 0 Å².